The number of nitrogens with zero attached hydrogens (tertiary/aromatic N) is 3. The van der Waals surface area contributed by atoms with E-state index < -0.39 is 4.92 Å². The lowest BCUT2D eigenvalue weighted by Gasteiger charge is -2.34. The lowest BCUT2D eigenvalue weighted by atomic mass is 9.91. The summed E-state index contributed by atoms with van der Waals surface area (Å²) in [6.07, 6.45) is 2.28. The van der Waals surface area contributed by atoms with E-state index in [0.29, 0.717) is 17.2 Å². The molecule has 0 radical (unpaired) electrons. The molecule has 0 aromatic heterocycles. The first-order valence-corrected chi connectivity index (χ1v) is 7.15. The molecule has 1 aliphatic rings. The number of hydrogen-bond donors (Lipinski definition) is 1. The number of anilines is 1. The van der Waals surface area contributed by atoms with Crippen LogP contribution in [0.25, 0.3) is 0 Å². The Labute approximate surface area is 124 Å². The van der Waals surface area contributed by atoms with Gasteiger partial charge in [-0.3, -0.25) is 10.1 Å². The average Bonchev–Trinajstić information content (AvgIpc) is 2.47. The second-order valence-corrected chi connectivity index (χ2v) is 5.70. The maximum Gasteiger partial charge on any atom is 0.293 e. The van der Waals surface area contributed by atoms with Crippen molar-refractivity contribution in [1.82, 2.24) is 4.90 Å². The zero-order chi connectivity index (χ0) is 15.4. The molecule has 2 rings (SSSR count). The summed E-state index contributed by atoms with van der Waals surface area (Å²) in [5.41, 5.74) is 0.752. The molecule has 0 aliphatic carbocycles. The van der Waals surface area contributed by atoms with Gasteiger partial charge in [0.1, 0.15) is 5.69 Å². The van der Waals surface area contributed by atoms with Crippen LogP contribution in [0.4, 0.5) is 11.4 Å². The van der Waals surface area contributed by atoms with Gasteiger partial charge in [-0.25, -0.2) is 0 Å². The van der Waals surface area contributed by atoms with Crippen LogP contribution in [0.1, 0.15) is 25.3 Å². The normalized spacial score (nSPS) is 20.5. The first-order chi connectivity index (χ1) is 10.0. The van der Waals surface area contributed by atoms with E-state index in [1.807, 2.05) is 6.07 Å². The van der Waals surface area contributed by atoms with Crippen LogP contribution in [0, 0.1) is 27.4 Å². The number of nitrogens with one attached hydrogen (secondary N) is 1. The number of nitro benzene ring substituents is 1. The Hall–Kier alpha value is -2.13. The van der Waals surface area contributed by atoms with E-state index in [2.05, 4.69) is 24.2 Å². The SMILES string of the molecule is CC(Nc1ccc(C#N)cc1[N+](=O)[O-])C1CCCN(C)C1. The number of piperidine rings is 1. The van der Waals surface area contributed by atoms with Crippen molar-refractivity contribution in [2.24, 2.45) is 5.92 Å². The van der Waals surface area contributed by atoms with E-state index in [9.17, 15) is 10.1 Å². The van der Waals surface area contributed by atoms with Crippen molar-refractivity contribution >= 4 is 11.4 Å². The Kier molecular flexibility index (Phi) is 4.76. The average molecular weight is 288 g/mol. The summed E-state index contributed by atoms with van der Waals surface area (Å²) in [5, 5.41) is 23.3. The summed E-state index contributed by atoms with van der Waals surface area (Å²) in [4.78, 5) is 13.0. The van der Waals surface area contributed by atoms with E-state index in [0.717, 1.165) is 25.9 Å². The number of nitro groups is 1. The smallest absolute Gasteiger partial charge is 0.293 e. The zero-order valence-corrected chi connectivity index (χ0v) is 12.4. The van der Waals surface area contributed by atoms with Gasteiger partial charge >= 0.3 is 0 Å². The van der Waals surface area contributed by atoms with Crippen molar-refractivity contribution in [3.05, 3.63) is 33.9 Å². The van der Waals surface area contributed by atoms with Crippen LogP contribution < -0.4 is 5.32 Å². The molecule has 112 valence electrons. The molecule has 1 saturated heterocycles. The Bertz CT molecular complexity index is 567. The van der Waals surface area contributed by atoms with Gasteiger partial charge in [0.2, 0.25) is 0 Å². The van der Waals surface area contributed by atoms with Gasteiger partial charge in [0.05, 0.1) is 16.6 Å². The van der Waals surface area contributed by atoms with Gasteiger partial charge in [-0.15, -0.1) is 0 Å². The molecule has 21 heavy (non-hydrogen) atoms. The number of benzene rings is 1. The fourth-order valence-electron chi connectivity index (χ4n) is 2.85. The van der Waals surface area contributed by atoms with Crippen molar-refractivity contribution < 1.29 is 4.92 Å². The van der Waals surface area contributed by atoms with Crippen molar-refractivity contribution in [2.75, 3.05) is 25.5 Å². The lowest BCUT2D eigenvalue weighted by Crippen LogP contribution is -2.39. The molecule has 2 unspecified atom stereocenters. The minimum atomic E-state index is -0.442. The topological polar surface area (TPSA) is 82.2 Å². The molecule has 1 aliphatic heterocycles. The molecule has 0 spiro atoms. The molecular formula is C15H20N4O2. The third-order valence-corrected chi connectivity index (χ3v) is 4.07. The van der Waals surface area contributed by atoms with Gasteiger partial charge in [0.25, 0.3) is 5.69 Å². The third kappa shape index (κ3) is 3.70. The van der Waals surface area contributed by atoms with Gasteiger partial charge in [-0.2, -0.15) is 5.26 Å². The number of hydrogen-bond acceptors (Lipinski definition) is 5. The van der Waals surface area contributed by atoms with Gasteiger partial charge in [0.15, 0.2) is 0 Å². The number of likely N-dealkylation sites (tertiary alicyclic amines) is 1. The Balaban J connectivity index is 2.15. The van der Waals surface area contributed by atoms with Crippen LogP contribution in [0.5, 0.6) is 0 Å². The van der Waals surface area contributed by atoms with Crippen LogP contribution in [0.15, 0.2) is 18.2 Å². The molecular weight excluding hydrogens is 268 g/mol. The quantitative estimate of drug-likeness (QED) is 0.680. The molecule has 0 bridgehead atoms. The van der Waals surface area contributed by atoms with Gasteiger partial charge in [0, 0.05) is 18.7 Å². The molecule has 1 aromatic carbocycles. The van der Waals surface area contributed by atoms with E-state index in [1.165, 1.54) is 6.07 Å². The van der Waals surface area contributed by atoms with Crippen LogP contribution in [-0.4, -0.2) is 36.0 Å². The summed E-state index contributed by atoms with van der Waals surface area (Å²) in [5.74, 6) is 0.471. The van der Waals surface area contributed by atoms with E-state index in [-0.39, 0.29) is 11.7 Å². The molecule has 0 amide bonds. The first-order valence-electron chi connectivity index (χ1n) is 7.15. The highest BCUT2D eigenvalue weighted by Gasteiger charge is 2.24. The zero-order valence-electron chi connectivity index (χ0n) is 12.4. The summed E-state index contributed by atoms with van der Waals surface area (Å²) in [6.45, 7) is 4.17. The molecule has 1 aromatic rings. The molecule has 0 saturated carbocycles. The molecule has 1 fully saturated rings. The highest BCUT2D eigenvalue weighted by Crippen LogP contribution is 2.28. The van der Waals surface area contributed by atoms with Crippen molar-refractivity contribution in [3.63, 3.8) is 0 Å². The standard InChI is InChI=1S/C15H20N4O2/c1-11(13-4-3-7-18(2)10-13)17-14-6-5-12(9-16)8-15(14)19(20)21/h5-6,8,11,13,17H,3-4,7,10H2,1-2H3. The van der Waals surface area contributed by atoms with Crippen molar-refractivity contribution in [2.45, 2.75) is 25.8 Å². The predicted octanol–water partition coefficient (Wildman–Crippen LogP) is 2.61. The van der Waals surface area contributed by atoms with E-state index >= 15 is 0 Å². The Morgan fingerprint density at radius 1 is 1.57 bits per heavy atom. The van der Waals surface area contributed by atoms with Crippen LogP contribution in [-0.2, 0) is 0 Å². The summed E-state index contributed by atoms with van der Waals surface area (Å²) < 4.78 is 0. The Morgan fingerprint density at radius 3 is 2.95 bits per heavy atom. The second-order valence-electron chi connectivity index (χ2n) is 5.70. The van der Waals surface area contributed by atoms with Crippen LogP contribution in [0.2, 0.25) is 0 Å². The summed E-state index contributed by atoms with van der Waals surface area (Å²) in [7, 11) is 2.10. The van der Waals surface area contributed by atoms with E-state index in [1.54, 1.807) is 12.1 Å². The molecule has 2 atom stereocenters. The fraction of sp³-hybridized carbons (Fsp3) is 0.533. The largest absolute Gasteiger partial charge is 0.377 e. The maximum atomic E-state index is 11.1. The molecule has 1 N–H and O–H groups in total. The lowest BCUT2D eigenvalue weighted by molar-refractivity contribution is -0.384. The fourth-order valence-corrected chi connectivity index (χ4v) is 2.85. The second kappa shape index (κ2) is 6.55. The third-order valence-electron chi connectivity index (χ3n) is 4.07. The number of nitriles is 1. The summed E-state index contributed by atoms with van der Waals surface area (Å²) in [6, 6.07) is 6.64. The maximum absolute atomic E-state index is 11.1. The number of rotatable bonds is 4. The minimum Gasteiger partial charge on any atom is -0.377 e. The minimum absolute atomic E-state index is 0.0370. The molecule has 6 nitrogen and oxygen atoms in total. The monoisotopic (exact) mass is 288 g/mol. The van der Waals surface area contributed by atoms with Gasteiger partial charge in [-0.05, 0) is 51.4 Å². The summed E-state index contributed by atoms with van der Waals surface area (Å²) >= 11 is 0. The van der Waals surface area contributed by atoms with E-state index in [4.69, 9.17) is 5.26 Å². The van der Waals surface area contributed by atoms with Crippen molar-refractivity contribution in [1.29, 1.82) is 5.26 Å². The van der Waals surface area contributed by atoms with Crippen molar-refractivity contribution in [3.8, 4) is 6.07 Å². The Morgan fingerprint density at radius 2 is 2.33 bits per heavy atom. The predicted molar refractivity (Wildman–Crippen MR) is 81.1 cm³/mol. The highest BCUT2D eigenvalue weighted by atomic mass is 16.6. The highest BCUT2D eigenvalue weighted by molar-refractivity contribution is 5.64. The first kappa shape index (κ1) is 15.3. The van der Waals surface area contributed by atoms with Crippen LogP contribution >= 0.6 is 0 Å². The van der Waals surface area contributed by atoms with Crippen LogP contribution in [0.3, 0.4) is 0 Å². The van der Waals surface area contributed by atoms with Gasteiger partial charge in [-0.1, -0.05) is 0 Å². The van der Waals surface area contributed by atoms with Gasteiger partial charge < -0.3 is 10.2 Å². The molecule has 1 heterocycles. The molecule has 6 heteroatoms.